The van der Waals surface area contributed by atoms with E-state index >= 15 is 0 Å². The zero-order valence-corrected chi connectivity index (χ0v) is 62.8. The summed E-state index contributed by atoms with van der Waals surface area (Å²) in [5.74, 6) is 3.06. The third-order valence-electron chi connectivity index (χ3n) is 22.0. The van der Waals surface area contributed by atoms with Crippen LogP contribution in [-0.4, -0.2) is 61.6 Å². The van der Waals surface area contributed by atoms with E-state index in [2.05, 4.69) is 329 Å². The number of hydrogen-bond acceptors (Lipinski definition) is 12. The predicted octanol–water partition coefficient (Wildman–Crippen LogP) is 19.5. The molecule has 0 spiro atoms. The monoisotopic (exact) mass is 1480 g/mol. The quantitative estimate of drug-likeness (QED) is 0.122. The summed E-state index contributed by atoms with van der Waals surface area (Å²) >= 11 is 5.99. The van der Waals surface area contributed by atoms with Crippen molar-refractivity contribution in [2.75, 3.05) is 19.6 Å². The first-order chi connectivity index (χ1) is 55.0. The van der Waals surface area contributed by atoms with Gasteiger partial charge in [0.1, 0.15) is 0 Å². The highest BCUT2D eigenvalue weighted by atomic mass is 35.5. The standard InChI is InChI=1S/C45H30BN5.C36H32B2N2O2.C15H10ClN3.CH4/c1-5-17-31(18-6-1)43-47-44(32-19-7-2-8-20-32)49-45(48-43)33-29-40-42-41(30-33)51(35-23-11-4-12-24-35)39-28-16-14-26-37(39)46(42)36-25-13-15-27-38(36)50(40)34-21-9-3-10-22-34;1-35(2)36(3,4)42-38(41-35)25-23-32-34-33(24-25)40(27-17-9-6-10-18-27)31-22-14-12-20-29(31)37(34)28-19-11-13-21-30(28)39(32)26-15-7-5-8-16-26;16-15-18-13(11-7-3-1-4-8-11)17-14(19-15)12-9-5-2-6-10-12;/h1-30H;5-24H,1-4H3;1-10H;1H4. The molecule has 21 rings (SSSR count). The maximum Gasteiger partial charge on any atom is 0.494 e. The van der Waals surface area contributed by atoms with Gasteiger partial charge < -0.3 is 28.9 Å². The lowest BCUT2D eigenvalue weighted by Crippen LogP contribution is -2.62. The summed E-state index contributed by atoms with van der Waals surface area (Å²) < 4.78 is 13.3. The largest absolute Gasteiger partial charge is 0.494 e. The first kappa shape index (κ1) is 71.3. The number of aromatic nitrogens is 6. The highest BCUT2D eigenvalue weighted by Crippen LogP contribution is 2.48. The highest BCUT2D eigenvalue weighted by molar-refractivity contribution is 7.01. The Morgan fingerprint density at radius 1 is 0.257 bits per heavy atom. The van der Waals surface area contributed by atoms with E-state index < -0.39 is 18.3 Å². The van der Waals surface area contributed by atoms with Crippen molar-refractivity contribution < 1.29 is 9.31 Å². The van der Waals surface area contributed by atoms with Crippen LogP contribution in [0.25, 0.3) is 56.9 Å². The Balaban J connectivity index is 0.000000129. The van der Waals surface area contributed by atoms with Crippen molar-refractivity contribution in [3.8, 4) is 56.9 Å². The van der Waals surface area contributed by atoms with Crippen molar-refractivity contribution in [2.24, 2.45) is 0 Å². The molecular formula is C97H76B3ClN10O2. The molecule has 1 fully saturated rings. The summed E-state index contributed by atoms with van der Waals surface area (Å²) in [6, 6.07) is 127. The summed E-state index contributed by atoms with van der Waals surface area (Å²) in [5.41, 5.74) is 26.2. The van der Waals surface area contributed by atoms with E-state index in [1.807, 2.05) is 97.1 Å². The summed E-state index contributed by atoms with van der Waals surface area (Å²) in [4.78, 5) is 37.8. The van der Waals surface area contributed by atoms with Crippen molar-refractivity contribution in [1.29, 1.82) is 0 Å². The van der Waals surface area contributed by atoms with Crippen molar-refractivity contribution in [3.05, 3.63) is 369 Å². The molecule has 113 heavy (non-hydrogen) atoms. The second-order valence-corrected chi connectivity index (χ2v) is 29.6. The lowest BCUT2D eigenvalue weighted by Gasteiger charge is -2.44. The Morgan fingerprint density at radius 2 is 0.478 bits per heavy atom. The number of rotatable bonds is 10. The van der Waals surface area contributed by atoms with Gasteiger partial charge in [-0.2, -0.15) is 9.97 Å². The van der Waals surface area contributed by atoms with Gasteiger partial charge in [0, 0.05) is 96.1 Å². The summed E-state index contributed by atoms with van der Waals surface area (Å²) in [7, 11) is -0.486. The fourth-order valence-corrected chi connectivity index (χ4v) is 16.4. The molecule has 0 bridgehead atoms. The average Bonchev–Trinajstić information content (AvgIpc) is 1.45. The fourth-order valence-electron chi connectivity index (χ4n) is 16.2. The molecule has 0 saturated carbocycles. The van der Waals surface area contributed by atoms with Crippen LogP contribution in [0, 0.1) is 0 Å². The van der Waals surface area contributed by atoms with Crippen LogP contribution in [0.3, 0.4) is 0 Å². The second kappa shape index (κ2) is 29.8. The van der Waals surface area contributed by atoms with Gasteiger partial charge >= 0.3 is 7.12 Å². The molecule has 1 saturated heterocycles. The van der Waals surface area contributed by atoms with Crippen LogP contribution >= 0.6 is 11.6 Å². The Morgan fingerprint density at radius 3 is 0.752 bits per heavy atom. The normalized spacial score (nSPS) is 13.9. The highest BCUT2D eigenvalue weighted by Gasteiger charge is 2.53. The van der Waals surface area contributed by atoms with Crippen molar-refractivity contribution >= 4 is 139 Å². The van der Waals surface area contributed by atoms with E-state index in [0.717, 1.165) is 90.2 Å². The lowest BCUT2D eigenvalue weighted by atomic mass is 9.33. The van der Waals surface area contributed by atoms with Gasteiger partial charge in [-0.15, -0.1) is 0 Å². The molecule has 0 N–H and O–H groups in total. The number of benzene rings is 14. The lowest BCUT2D eigenvalue weighted by molar-refractivity contribution is 0.00578. The second-order valence-electron chi connectivity index (χ2n) is 29.3. The minimum atomic E-state index is -0.486. The maximum atomic E-state index is 6.65. The van der Waals surface area contributed by atoms with Gasteiger partial charge in [-0.3, -0.25) is 0 Å². The van der Waals surface area contributed by atoms with E-state index in [9.17, 15) is 0 Å². The Labute approximate surface area is 665 Å². The molecule has 0 atom stereocenters. The van der Waals surface area contributed by atoms with Crippen LogP contribution < -0.4 is 57.8 Å². The fraction of sp³-hybridized carbons (Fsp3) is 0.0722. The smallest absolute Gasteiger partial charge is 0.399 e. The van der Waals surface area contributed by atoms with Crippen LogP contribution in [0.5, 0.6) is 0 Å². The summed E-state index contributed by atoms with van der Waals surface area (Å²) in [6.45, 7) is 8.59. The van der Waals surface area contributed by atoms with Crippen molar-refractivity contribution in [1.82, 2.24) is 29.9 Å². The third kappa shape index (κ3) is 13.1. The van der Waals surface area contributed by atoms with Crippen molar-refractivity contribution in [3.63, 3.8) is 0 Å². The van der Waals surface area contributed by atoms with Gasteiger partial charge in [0.25, 0.3) is 13.4 Å². The molecule has 0 radical (unpaired) electrons. The van der Waals surface area contributed by atoms with Gasteiger partial charge in [-0.25, -0.2) is 19.9 Å². The molecular weight excluding hydrogens is 1410 g/mol. The van der Waals surface area contributed by atoms with Crippen LogP contribution in [0.2, 0.25) is 5.28 Å². The molecule has 5 aliphatic heterocycles. The summed E-state index contributed by atoms with van der Waals surface area (Å²) in [5, 5.41) is 0.202. The Bertz CT molecular complexity index is 5810. The average molecular weight is 1480 g/mol. The van der Waals surface area contributed by atoms with Gasteiger partial charge in [0.2, 0.25) is 5.28 Å². The Kier molecular flexibility index (Phi) is 18.8. The molecule has 542 valence electrons. The van der Waals surface area contributed by atoms with Crippen LogP contribution in [0.15, 0.2) is 364 Å². The first-order valence-corrected chi connectivity index (χ1v) is 38.2. The molecule has 7 heterocycles. The van der Waals surface area contributed by atoms with Crippen LogP contribution in [0.1, 0.15) is 35.1 Å². The van der Waals surface area contributed by atoms with Crippen LogP contribution in [0.4, 0.5) is 68.2 Å². The molecule has 0 unspecified atom stereocenters. The molecule has 16 aromatic rings. The van der Waals surface area contributed by atoms with Gasteiger partial charge in [0.05, 0.1) is 11.2 Å². The Hall–Kier alpha value is -13.3. The molecule has 5 aliphatic rings. The molecule has 0 amide bonds. The minimum absolute atomic E-state index is 0. The number of nitrogens with zero attached hydrogens (tertiary/aromatic N) is 10. The van der Waals surface area contributed by atoms with E-state index in [-0.39, 0.29) is 26.1 Å². The molecule has 16 heteroatoms. The molecule has 12 nitrogen and oxygen atoms in total. The van der Waals surface area contributed by atoms with Gasteiger partial charge in [-0.05, 0) is 175 Å². The minimum Gasteiger partial charge on any atom is -0.399 e. The number of fused-ring (bicyclic) bond motifs is 8. The molecule has 0 aliphatic carbocycles. The van der Waals surface area contributed by atoms with E-state index in [1.54, 1.807) is 0 Å². The zero-order chi connectivity index (χ0) is 75.4. The third-order valence-corrected chi connectivity index (χ3v) is 22.2. The van der Waals surface area contributed by atoms with E-state index in [4.69, 9.17) is 35.9 Å². The van der Waals surface area contributed by atoms with E-state index in [0.29, 0.717) is 29.1 Å². The zero-order valence-electron chi connectivity index (χ0n) is 62.0. The van der Waals surface area contributed by atoms with E-state index in [1.165, 1.54) is 44.2 Å². The first-order valence-electron chi connectivity index (χ1n) is 37.9. The van der Waals surface area contributed by atoms with Gasteiger partial charge in [0.15, 0.2) is 29.1 Å². The van der Waals surface area contributed by atoms with Crippen molar-refractivity contribution in [2.45, 2.75) is 46.3 Å². The topological polar surface area (TPSA) is 109 Å². The predicted molar refractivity (Wildman–Crippen MR) is 469 cm³/mol. The number of para-hydroxylation sites is 8. The van der Waals surface area contributed by atoms with Crippen LogP contribution in [-0.2, 0) is 9.31 Å². The number of hydrogen-bond donors (Lipinski definition) is 0. The molecule has 14 aromatic carbocycles. The van der Waals surface area contributed by atoms with Gasteiger partial charge in [-0.1, -0.05) is 274 Å². The SMILES string of the molecule is C.CC1(C)OB(c2cc3c4c(c2)N(c2ccccc2)c2ccccc2B4c2ccccc2N3c2ccccc2)OC1(C)C.Clc1nc(-c2ccccc2)nc(-c2ccccc2)n1.c1ccc(-c2nc(-c3ccccc3)nc(-c3cc4c5c(c3)N(c3ccccc3)c3ccccc3B5c3ccccc3N4c3ccccc3)n2)cc1. The summed E-state index contributed by atoms with van der Waals surface area (Å²) in [6.07, 6.45) is 0. The number of anilines is 12. The maximum absolute atomic E-state index is 6.65. The molecule has 2 aromatic heterocycles. The number of halogens is 1.